The monoisotopic (exact) mass is 439 g/mol. The molecule has 0 aliphatic rings. The van der Waals surface area contributed by atoms with E-state index in [4.69, 9.17) is 14.2 Å². The zero-order valence-corrected chi connectivity index (χ0v) is 18.1. The topological polar surface area (TPSA) is 74.1 Å². The molecule has 0 atom stereocenters. The van der Waals surface area contributed by atoms with Crippen LogP contribution in [0.25, 0.3) is 16.9 Å². The number of imidazole rings is 1. The highest BCUT2D eigenvalue weighted by atomic mass is 35.5. The molecule has 4 aromatic rings. The number of benzene rings is 2. The van der Waals surface area contributed by atoms with Gasteiger partial charge < -0.3 is 23.9 Å². The molecule has 1 amide bonds. The van der Waals surface area contributed by atoms with Gasteiger partial charge in [0.1, 0.15) is 5.65 Å². The number of carbonyl (C=O) groups is 1. The summed E-state index contributed by atoms with van der Waals surface area (Å²) in [7, 11) is 4.54. The van der Waals surface area contributed by atoms with E-state index in [1.807, 2.05) is 59.3 Å². The number of halogens is 1. The predicted octanol–water partition coefficient (Wildman–Crippen LogP) is 4.70. The second kappa shape index (κ2) is 9.40. The van der Waals surface area contributed by atoms with Crippen LogP contribution in [0.15, 0.2) is 67.0 Å². The number of rotatable bonds is 6. The van der Waals surface area contributed by atoms with Crippen LogP contribution >= 0.6 is 12.4 Å². The van der Waals surface area contributed by atoms with E-state index in [1.54, 1.807) is 12.1 Å². The van der Waals surface area contributed by atoms with E-state index in [-0.39, 0.29) is 18.3 Å². The molecule has 0 fully saturated rings. The Bertz CT molecular complexity index is 1160. The Labute approximate surface area is 186 Å². The number of anilines is 1. The van der Waals surface area contributed by atoms with E-state index in [0.29, 0.717) is 28.5 Å². The van der Waals surface area contributed by atoms with Gasteiger partial charge in [0.25, 0.3) is 5.91 Å². The summed E-state index contributed by atoms with van der Waals surface area (Å²) in [4.78, 5) is 17.5. The Morgan fingerprint density at radius 3 is 2.32 bits per heavy atom. The molecule has 4 rings (SSSR count). The van der Waals surface area contributed by atoms with Crippen LogP contribution in [0.1, 0.15) is 10.4 Å². The van der Waals surface area contributed by atoms with Gasteiger partial charge in [-0.05, 0) is 36.4 Å². The second-order valence-corrected chi connectivity index (χ2v) is 6.54. The summed E-state index contributed by atoms with van der Waals surface area (Å²) in [5, 5.41) is 2.92. The first kappa shape index (κ1) is 22.0. The number of amides is 1. The van der Waals surface area contributed by atoms with Crippen LogP contribution < -0.4 is 19.5 Å². The van der Waals surface area contributed by atoms with Crippen molar-refractivity contribution in [3.8, 4) is 28.5 Å². The number of nitrogens with zero attached hydrogens (tertiary/aromatic N) is 2. The maximum Gasteiger partial charge on any atom is 0.255 e. The number of carbonyl (C=O) groups excluding carboxylic acids is 1. The molecule has 160 valence electrons. The summed E-state index contributed by atoms with van der Waals surface area (Å²) in [5.41, 5.74) is 3.64. The first-order valence-electron chi connectivity index (χ1n) is 9.28. The van der Waals surface area contributed by atoms with Gasteiger partial charge in [0.2, 0.25) is 5.75 Å². The molecule has 0 bridgehead atoms. The minimum atomic E-state index is -0.290. The molecule has 0 aliphatic carbocycles. The highest BCUT2D eigenvalue weighted by Crippen LogP contribution is 2.38. The van der Waals surface area contributed by atoms with Crippen LogP contribution in [-0.2, 0) is 0 Å². The van der Waals surface area contributed by atoms with Gasteiger partial charge in [-0.1, -0.05) is 18.2 Å². The number of hydrogen-bond donors (Lipinski definition) is 1. The summed E-state index contributed by atoms with van der Waals surface area (Å²) < 4.78 is 17.9. The van der Waals surface area contributed by atoms with Gasteiger partial charge >= 0.3 is 0 Å². The summed E-state index contributed by atoms with van der Waals surface area (Å²) in [6.45, 7) is 0. The number of methoxy groups -OCH3 is 3. The van der Waals surface area contributed by atoms with Crippen molar-refractivity contribution in [3.05, 3.63) is 72.6 Å². The zero-order chi connectivity index (χ0) is 21.1. The molecular weight excluding hydrogens is 418 g/mol. The molecule has 1 N–H and O–H groups in total. The second-order valence-electron chi connectivity index (χ2n) is 6.54. The standard InChI is InChI=1S/C23H21N3O4.ClH/c1-28-19-12-16(13-20(29-2)22(19)30-3)23(27)24-17-8-6-7-15(11-17)18-14-26-10-5-4-9-21(26)25-18;/h4-14H,1-3H3,(H,24,27);1H. The average Bonchev–Trinajstić information content (AvgIpc) is 3.22. The average molecular weight is 440 g/mol. The highest BCUT2D eigenvalue weighted by Gasteiger charge is 2.17. The van der Waals surface area contributed by atoms with Gasteiger partial charge in [-0.15, -0.1) is 12.4 Å². The summed E-state index contributed by atoms with van der Waals surface area (Å²) >= 11 is 0. The Kier molecular flexibility index (Phi) is 6.67. The van der Waals surface area contributed by atoms with Gasteiger partial charge in [0.05, 0.1) is 27.0 Å². The molecule has 0 radical (unpaired) electrons. The molecule has 0 aliphatic heterocycles. The van der Waals surface area contributed by atoms with Crippen molar-refractivity contribution in [2.24, 2.45) is 0 Å². The summed E-state index contributed by atoms with van der Waals surface area (Å²) in [5.74, 6) is 0.979. The molecule has 2 heterocycles. The van der Waals surface area contributed by atoms with Gasteiger partial charge in [-0.2, -0.15) is 0 Å². The third-order valence-corrected chi connectivity index (χ3v) is 4.71. The molecule has 0 saturated heterocycles. The first-order chi connectivity index (χ1) is 14.6. The Morgan fingerprint density at radius 1 is 0.935 bits per heavy atom. The number of hydrogen-bond acceptors (Lipinski definition) is 5. The van der Waals surface area contributed by atoms with Gasteiger partial charge in [-0.3, -0.25) is 4.79 Å². The largest absolute Gasteiger partial charge is 0.493 e. The Balaban J connectivity index is 0.00000272. The number of fused-ring (bicyclic) bond motifs is 1. The maximum atomic E-state index is 12.9. The zero-order valence-electron chi connectivity index (χ0n) is 17.3. The van der Waals surface area contributed by atoms with E-state index in [9.17, 15) is 4.79 Å². The fourth-order valence-corrected chi connectivity index (χ4v) is 3.25. The smallest absolute Gasteiger partial charge is 0.255 e. The lowest BCUT2D eigenvalue weighted by molar-refractivity contribution is 0.102. The highest BCUT2D eigenvalue weighted by molar-refractivity contribution is 6.05. The molecule has 31 heavy (non-hydrogen) atoms. The summed E-state index contributed by atoms with van der Waals surface area (Å²) in [6.07, 6.45) is 3.90. The van der Waals surface area contributed by atoms with Crippen LogP contribution in [0.5, 0.6) is 17.2 Å². The molecular formula is C23H22ClN3O4. The molecule has 2 aromatic heterocycles. The van der Waals surface area contributed by atoms with Crippen LogP contribution in [0.3, 0.4) is 0 Å². The maximum absolute atomic E-state index is 12.9. The van der Waals surface area contributed by atoms with Crippen LogP contribution in [0.4, 0.5) is 5.69 Å². The number of nitrogens with one attached hydrogen (secondary N) is 1. The van der Waals surface area contributed by atoms with Gasteiger partial charge in [-0.25, -0.2) is 4.98 Å². The van der Waals surface area contributed by atoms with Crippen LogP contribution in [-0.4, -0.2) is 36.6 Å². The lowest BCUT2D eigenvalue weighted by Gasteiger charge is -2.14. The lowest BCUT2D eigenvalue weighted by atomic mass is 10.1. The van der Waals surface area contributed by atoms with E-state index >= 15 is 0 Å². The minimum absolute atomic E-state index is 0. The molecule has 0 unspecified atom stereocenters. The lowest BCUT2D eigenvalue weighted by Crippen LogP contribution is -2.12. The van der Waals surface area contributed by atoms with Gasteiger partial charge in [0, 0.05) is 29.2 Å². The fourth-order valence-electron chi connectivity index (χ4n) is 3.25. The quantitative estimate of drug-likeness (QED) is 0.471. The normalized spacial score (nSPS) is 10.3. The third kappa shape index (κ3) is 4.41. The van der Waals surface area contributed by atoms with Crippen molar-refractivity contribution >= 4 is 29.6 Å². The Morgan fingerprint density at radius 2 is 1.68 bits per heavy atom. The van der Waals surface area contributed by atoms with Crippen LogP contribution in [0.2, 0.25) is 0 Å². The molecule has 0 spiro atoms. The van der Waals surface area contributed by atoms with E-state index in [1.165, 1.54) is 21.3 Å². The number of ether oxygens (including phenoxy) is 3. The number of pyridine rings is 1. The van der Waals surface area contributed by atoms with E-state index < -0.39 is 0 Å². The molecule has 8 heteroatoms. The molecule has 7 nitrogen and oxygen atoms in total. The van der Waals surface area contributed by atoms with E-state index in [0.717, 1.165) is 16.9 Å². The Hall–Kier alpha value is -3.71. The van der Waals surface area contributed by atoms with Crippen molar-refractivity contribution in [1.29, 1.82) is 0 Å². The SMILES string of the molecule is COc1cc(C(=O)Nc2cccc(-c3cn4ccccc4n3)c2)cc(OC)c1OC.Cl. The predicted molar refractivity (Wildman–Crippen MR) is 122 cm³/mol. The third-order valence-electron chi connectivity index (χ3n) is 4.71. The van der Waals surface area contributed by atoms with Crippen molar-refractivity contribution in [1.82, 2.24) is 9.38 Å². The van der Waals surface area contributed by atoms with E-state index in [2.05, 4.69) is 10.3 Å². The fraction of sp³-hybridized carbons (Fsp3) is 0.130. The number of aromatic nitrogens is 2. The first-order valence-corrected chi connectivity index (χ1v) is 9.28. The van der Waals surface area contributed by atoms with Crippen LogP contribution in [0, 0.1) is 0 Å². The molecule has 2 aromatic carbocycles. The minimum Gasteiger partial charge on any atom is -0.493 e. The van der Waals surface area contributed by atoms with Gasteiger partial charge in [0.15, 0.2) is 11.5 Å². The summed E-state index contributed by atoms with van der Waals surface area (Å²) in [6, 6.07) is 16.6. The van der Waals surface area contributed by atoms with Crippen molar-refractivity contribution in [2.45, 2.75) is 0 Å². The van der Waals surface area contributed by atoms with Crippen molar-refractivity contribution in [2.75, 3.05) is 26.6 Å². The van der Waals surface area contributed by atoms with Crippen molar-refractivity contribution in [3.63, 3.8) is 0 Å². The van der Waals surface area contributed by atoms with Crippen molar-refractivity contribution < 1.29 is 19.0 Å². The molecule has 0 saturated carbocycles.